The van der Waals surface area contributed by atoms with Gasteiger partial charge in [-0.05, 0) is 85.7 Å². The number of hydrogen-bond acceptors (Lipinski definition) is 5. The molecule has 3 N–H and O–H groups in total. The Labute approximate surface area is 230 Å². The van der Waals surface area contributed by atoms with Gasteiger partial charge in [0.25, 0.3) is 5.91 Å². The molecule has 39 heavy (non-hydrogen) atoms. The topological polar surface area (TPSA) is 81.2 Å². The number of fused-ring (bicyclic) bond motifs is 1. The number of H-pyrrole nitrogens is 1. The largest absolute Gasteiger partial charge is 0.508 e. The number of benzene rings is 3. The van der Waals surface area contributed by atoms with Gasteiger partial charge in [-0.3, -0.25) is 4.79 Å². The van der Waals surface area contributed by atoms with Crippen molar-refractivity contribution in [1.82, 2.24) is 20.2 Å². The van der Waals surface area contributed by atoms with Gasteiger partial charge in [0.05, 0.1) is 10.9 Å². The molecule has 198 valence electrons. The third-order valence-corrected chi connectivity index (χ3v) is 8.57. The van der Waals surface area contributed by atoms with E-state index >= 15 is 0 Å². The molecule has 0 spiro atoms. The molecule has 1 atom stereocenters. The Bertz CT molecular complexity index is 1590. The summed E-state index contributed by atoms with van der Waals surface area (Å²) in [6.07, 6.45) is 4.04. The predicted molar refractivity (Wildman–Crippen MR) is 153 cm³/mol. The molecule has 1 aliphatic rings. The van der Waals surface area contributed by atoms with E-state index in [0.717, 1.165) is 34.4 Å². The molecule has 2 aromatic heterocycles. The molecular formula is C31H29FN4O2S. The highest BCUT2D eigenvalue weighted by molar-refractivity contribution is 7.17. The number of para-hydroxylation sites is 1. The molecule has 0 unspecified atom stereocenters. The van der Waals surface area contributed by atoms with E-state index in [0.29, 0.717) is 16.6 Å². The number of halogens is 1. The lowest BCUT2D eigenvalue weighted by atomic mass is 9.89. The number of piperidine rings is 1. The zero-order chi connectivity index (χ0) is 26.9. The number of nitrogens with zero attached hydrogens (tertiary/aromatic N) is 2. The Balaban J connectivity index is 1.24. The average Bonchev–Trinajstić information content (AvgIpc) is 3.62. The van der Waals surface area contributed by atoms with Crippen molar-refractivity contribution in [3.63, 3.8) is 0 Å². The molecule has 6 nitrogen and oxygen atoms in total. The smallest absolute Gasteiger partial charge is 0.281 e. The minimum atomic E-state index is -0.804. The van der Waals surface area contributed by atoms with Gasteiger partial charge >= 0.3 is 0 Å². The van der Waals surface area contributed by atoms with Crippen LogP contribution >= 0.6 is 11.3 Å². The number of amides is 1. The molecule has 0 aliphatic carbocycles. The van der Waals surface area contributed by atoms with Gasteiger partial charge < -0.3 is 20.3 Å². The molecule has 6 rings (SSSR count). The lowest BCUT2D eigenvalue weighted by molar-refractivity contribution is 0.0941. The second kappa shape index (κ2) is 10.6. The van der Waals surface area contributed by atoms with Crippen molar-refractivity contribution in [2.45, 2.75) is 24.8 Å². The number of aromatic amines is 1. The Morgan fingerprint density at radius 1 is 1.10 bits per heavy atom. The number of aromatic hydroxyl groups is 1. The monoisotopic (exact) mass is 540 g/mol. The van der Waals surface area contributed by atoms with Crippen molar-refractivity contribution >= 4 is 28.1 Å². The summed E-state index contributed by atoms with van der Waals surface area (Å²) in [5.74, 6) is -0.427. The molecule has 3 heterocycles. The Morgan fingerprint density at radius 3 is 2.64 bits per heavy atom. The summed E-state index contributed by atoms with van der Waals surface area (Å²) in [5.41, 5.74) is 4.13. The predicted octanol–water partition coefficient (Wildman–Crippen LogP) is 6.46. The van der Waals surface area contributed by atoms with E-state index in [9.17, 15) is 14.3 Å². The summed E-state index contributed by atoms with van der Waals surface area (Å²) in [7, 11) is 2.17. The number of aromatic nitrogens is 2. The van der Waals surface area contributed by atoms with E-state index in [1.165, 1.54) is 47.9 Å². The highest BCUT2D eigenvalue weighted by Gasteiger charge is 2.25. The second-order valence-corrected chi connectivity index (χ2v) is 11.2. The van der Waals surface area contributed by atoms with Crippen molar-refractivity contribution < 1.29 is 14.3 Å². The number of nitrogens with one attached hydrogen (secondary N) is 2. The number of likely N-dealkylation sites (tertiary alicyclic amines) is 1. The van der Waals surface area contributed by atoms with Gasteiger partial charge in [0.1, 0.15) is 11.6 Å². The molecule has 1 saturated heterocycles. The lowest BCUT2D eigenvalue weighted by Crippen LogP contribution is -2.29. The van der Waals surface area contributed by atoms with Gasteiger partial charge in [-0.25, -0.2) is 9.37 Å². The van der Waals surface area contributed by atoms with Crippen LogP contribution in [0.3, 0.4) is 0 Å². The molecule has 1 aliphatic heterocycles. The van der Waals surface area contributed by atoms with Gasteiger partial charge in [-0.1, -0.05) is 42.5 Å². The number of rotatable bonds is 6. The van der Waals surface area contributed by atoms with Gasteiger partial charge in [-0.2, -0.15) is 0 Å². The molecule has 8 heteroatoms. The maximum atomic E-state index is 14.2. The SMILES string of the molecule is CN1CCC(c2ccc(-c3cnc(C(=O)N[C@H](c4cc5ccccc5[nH]4)c4cc(F)ccc4O)s3)cc2)CC1. The van der Waals surface area contributed by atoms with Crippen molar-refractivity contribution in [2.24, 2.45) is 0 Å². The molecule has 3 aromatic carbocycles. The first-order valence-corrected chi connectivity index (χ1v) is 13.9. The summed E-state index contributed by atoms with van der Waals surface area (Å²) in [6, 6.07) is 21.1. The molecule has 0 saturated carbocycles. The first kappa shape index (κ1) is 25.3. The van der Waals surface area contributed by atoms with Crippen LogP contribution in [-0.4, -0.2) is 46.0 Å². The van der Waals surface area contributed by atoms with Crippen molar-refractivity contribution in [3.8, 4) is 16.2 Å². The Hall–Kier alpha value is -4.01. The lowest BCUT2D eigenvalue weighted by Gasteiger charge is -2.29. The number of phenolic OH excluding ortho intramolecular Hbond substituents is 1. The quantitative estimate of drug-likeness (QED) is 0.231. The highest BCUT2D eigenvalue weighted by atomic mass is 32.1. The van der Waals surface area contributed by atoms with Crippen molar-refractivity contribution in [3.05, 3.63) is 107 Å². The maximum Gasteiger partial charge on any atom is 0.281 e. The molecular weight excluding hydrogens is 511 g/mol. The molecule has 1 amide bonds. The van der Waals surface area contributed by atoms with Gasteiger partial charge in [0, 0.05) is 23.0 Å². The third kappa shape index (κ3) is 5.30. The average molecular weight is 541 g/mol. The minimum absolute atomic E-state index is 0.107. The van der Waals surface area contributed by atoms with Crippen LogP contribution < -0.4 is 5.32 Å². The number of carbonyl (C=O) groups excluding carboxylic acids is 1. The number of hydrogen-bond donors (Lipinski definition) is 3. The van der Waals surface area contributed by atoms with Crippen LogP contribution in [0.4, 0.5) is 4.39 Å². The van der Waals surface area contributed by atoms with Gasteiger partial charge in [0.2, 0.25) is 0 Å². The zero-order valence-electron chi connectivity index (χ0n) is 21.5. The Morgan fingerprint density at radius 2 is 1.87 bits per heavy atom. The van der Waals surface area contributed by atoms with Crippen molar-refractivity contribution in [1.29, 1.82) is 0 Å². The molecule has 5 aromatic rings. The second-order valence-electron chi connectivity index (χ2n) is 10.2. The summed E-state index contributed by atoms with van der Waals surface area (Å²) in [4.78, 5) is 24.3. The van der Waals surface area contributed by atoms with Crippen LogP contribution in [0.2, 0.25) is 0 Å². The highest BCUT2D eigenvalue weighted by Crippen LogP contribution is 2.34. The molecule has 0 radical (unpaired) electrons. The first-order valence-electron chi connectivity index (χ1n) is 13.1. The maximum absolute atomic E-state index is 14.2. The van der Waals surface area contributed by atoms with Gasteiger partial charge in [-0.15, -0.1) is 11.3 Å². The van der Waals surface area contributed by atoms with E-state index in [1.54, 1.807) is 6.20 Å². The van der Waals surface area contributed by atoms with Gasteiger partial charge in [0.15, 0.2) is 5.01 Å². The fourth-order valence-corrected chi connectivity index (χ4v) is 6.12. The standard InChI is InChI=1S/C31H29FN4O2S/c1-36-14-12-20(13-15-36)19-6-8-21(9-7-19)28-18-33-31(39-28)30(38)35-29(24-17-23(32)10-11-27(24)37)26-16-22-4-2-3-5-25(22)34-26/h2-11,16-18,20,29,34,37H,12-15H2,1H3,(H,35,38)/t29-/m0/s1. The number of thiazole rings is 1. The van der Waals surface area contributed by atoms with E-state index in [-0.39, 0.29) is 11.3 Å². The fourth-order valence-electron chi connectivity index (χ4n) is 5.30. The van der Waals surface area contributed by atoms with Crippen LogP contribution in [-0.2, 0) is 0 Å². The fraction of sp³-hybridized carbons (Fsp3) is 0.226. The van der Waals surface area contributed by atoms with E-state index < -0.39 is 17.8 Å². The number of phenols is 1. The summed E-state index contributed by atoms with van der Waals surface area (Å²) < 4.78 is 14.2. The van der Waals surface area contributed by atoms with Crippen molar-refractivity contribution in [2.75, 3.05) is 20.1 Å². The van der Waals surface area contributed by atoms with Crippen LogP contribution in [0, 0.1) is 5.82 Å². The summed E-state index contributed by atoms with van der Waals surface area (Å²) in [6.45, 7) is 2.24. The minimum Gasteiger partial charge on any atom is -0.508 e. The van der Waals surface area contributed by atoms with Crippen LogP contribution in [0.5, 0.6) is 5.75 Å². The number of carbonyl (C=O) groups is 1. The Kier molecular flexibility index (Phi) is 6.89. The normalized spacial score (nSPS) is 15.4. The molecule has 0 bridgehead atoms. The first-order chi connectivity index (χ1) is 18.9. The summed E-state index contributed by atoms with van der Waals surface area (Å²) in [5, 5.41) is 14.8. The zero-order valence-corrected chi connectivity index (χ0v) is 22.3. The van der Waals surface area contributed by atoms with E-state index in [1.807, 2.05) is 30.3 Å². The van der Waals surface area contributed by atoms with Crippen LogP contribution in [0.25, 0.3) is 21.3 Å². The van der Waals surface area contributed by atoms with E-state index in [2.05, 4.69) is 51.5 Å². The van der Waals surface area contributed by atoms with E-state index in [4.69, 9.17) is 0 Å². The third-order valence-electron chi connectivity index (χ3n) is 7.52. The van der Waals surface area contributed by atoms with Crippen LogP contribution in [0.1, 0.15) is 51.4 Å². The van der Waals surface area contributed by atoms with Crippen LogP contribution in [0.15, 0.2) is 79.0 Å². The summed E-state index contributed by atoms with van der Waals surface area (Å²) >= 11 is 1.30. The molecule has 1 fully saturated rings.